The molecule has 2 aromatic carbocycles. The fraction of sp³-hybridized carbons (Fsp3) is 0.0667. The number of aromatic hydroxyl groups is 1. The molecule has 9 N–H and O–H groups in total. The Hall–Kier alpha value is -3.23. The molecule has 2 aromatic rings. The van der Waals surface area contributed by atoms with Gasteiger partial charge in [-0.3, -0.25) is 9.44 Å². The first-order chi connectivity index (χ1) is 13.8. The number of nitrogens with zero attached hydrogens (tertiary/aromatic N) is 2. The number of guanidine groups is 2. The van der Waals surface area contributed by atoms with Gasteiger partial charge >= 0.3 is 0 Å². The molecule has 0 unspecified atom stereocenters. The van der Waals surface area contributed by atoms with E-state index < -0.39 is 30.7 Å². The first kappa shape index (κ1) is 23.1. The highest BCUT2D eigenvalue weighted by Gasteiger charge is 2.21. The van der Waals surface area contributed by atoms with Crippen LogP contribution in [-0.2, 0) is 20.0 Å². The second kappa shape index (κ2) is 8.64. The lowest BCUT2D eigenvalue weighted by molar-refractivity contribution is 0.475. The molecule has 0 aliphatic carbocycles. The molecule has 0 saturated carbocycles. The van der Waals surface area contributed by atoms with Crippen molar-refractivity contribution in [3.05, 3.63) is 41.4 Å². The lowest BCUT2D eigenvalue weighted by Gasteiger charge is -2.12. The molecule has 2 rings (SSSR count). The van der Waals surface area contributed by atoms with Crippen LogP contribution >= 0.6 is 11.6 Å². The molecule has 15 heteroatoms. The van der Waals surface area contributed by atoms with E-state index in [9.17, 15) is 21.9 Å². The van der Waals surface area contributed by atoms with Crippen LogP contribution < -0.4 is 26.6 Å². The smallest absolute Gasteiger partial charge is 0.263 e. The highest BCUT2D eigenvalue weighted by Crippen LogP contribution is 2.35. The standard InChI is InChI=1S/C15H18ClN7O5S2/c1-29(25,26)22-8-3-2-4-9(5-8)23-30(27,28)13-7-12(24)11(6-10(13)16)20-15(19)21-14(17)18/h2-7,22-24H,1H3,(H6,17,18,19,20,21). The van der Waals surface area contributed by atoms with Crippen molar-refractivity contribution in [1.82, 2.24) is 0 Å². The third-order valence-corrected chi connectivity index (χ3v) is 5.67. The molecular formula is C15H18ClN7O5S2. The second-order valence-electron chi connectivity index (χ2n) is 5.84. The largest absolute Gasteiger partial charge is 0.506 e. The van der Waals surface area contributed by atoms with E-state index in [1.807, 2.05) is 0 Å². The van der Waals surface area contributed by atoms with Gasteiger partial charge in [0.1, 0.15) is 16.3 Å². The summed E-state index contributed by atoms with van der Waals surface area (Å²) in [4.78, 5) is 6.76. The van der Waals surface area contributed by atoms with E-state index in [2.05, 4.69) is 19.4 Å². The third kappa shape index (κ3) is 6.40. The van der Waals surface area contributed by atoms with E-state index in [4.69, 9.17) is 28.8 Å². The first-order valence-corrected chi connectivity index (χ1v) is 11.6. The summed E-state index contributed by atoms with van der Waals surface area (Å²) in [6, 6.07) is 7.46. The minimum absolute atomic E-state index is 0.0540. The Kier molecular flexibility index (Phi) is 6.64. The predicted octanol–water partition coefficient (Wildman–Crippen LogP) is 0.438. The molecule has 0 radical (unpaired) electrons. The van der Waals surface area contributed by atoms with Crippen LogP contribution in [0.15, 0.2) is 51.3 Å². The highest BCUT2D eigenvalue weighted by atomic mass is 35.5. The Morgan fingerprint density at radius 3 is 2.20 bits per heavy atom. The molecule has 0 aliphatic heterocycles. The SMILES string of the molecule is CS(=O)(=O)Nc1cccc(NS(=O)(=O)c2cc(O)c(N=C(N)N=C(N)N)cc2Cl)c1. The number of phenolic OH excluding ortho intramolecular Hbond substituents is 1. The minimum Gasteiger partial charge on any atom is -0.506 e. The minimum atomic E-state index is -4.26. The van der Waals surface area contributed by atoms with Crippen molar-refractivity contribution in [3.8, 4) is 5.75 Å². The Labute approximate surface area is 177 Å². The van der Waals surface area contributed by atoms with Crippen molar-refractivity contribution in [3.63, 3.8) is 0 Å². The fourth-order valence-corrected chi connectivity index (χ4v) is 4.33. The van der Waals surface area contributed by atoms with Gasteiger partial charge in [-0.25, -0.2) is 21.8 Å². The van der Waals surface area contributed by atoms with Crippen molar-refractivity contribution in [2.24, 2.45) is 27.2 Å². The van der Waals surface area contributed by atoms with Gasteiger partial charge in [-0.05, 0) is 24.3 Å². The van der Waals surface area contributed by atoms with Gasteiger partial charge in [0.15, 0.2) is 5.96 Å². The van der Waals surface area contributed by atoms with Crippen LogP contribution in [0.3, 0.4) is 0 Å². The zero-order valence-corrected chi connectivity index (χ0v) is 17.8. The van der Waals surface area contributed by atoms with E-state index in [-0.39, 0.29) is 34.0 Å². The van der Waals surface area contributed by atoms with Crippen LogP contribution in [0.25, 0.3) is 0 Å². The Morgan fingerprint density at radius 1 is 1.03 bits per heavy atom. The van der Waals surface area contributed by atoms with Gasteiger partial charge in [0.05, 0.1) is 22.7 Å². The molecule has 30 heavy (non-hydrogen) atoms. The number of anilines is 2. The maximum Gasteiger partial charge on any atom is 0.263 e. The van der Waals surface area contributed by atoms with E-state index in [0.29, 0.717) is 0 Å². The first-order valence-electron chi connectivity index (χ1n) is 7.84. The molecule has 0 aromatic heterocycles. The number of halogens is 1. The van der Waals surface area contributed by atoms with Crippen molar-refractivity contribution in [2.45, 2.75) is 4.90 Å². The molecule has 162 valence electrons. The molecule has 0 atom stereocenters. The van der Waals surface area contributed by atoms with E-state index in [1.165, 1.54) is 24.3 Å². The number of sulfonamides is 2. The maximum atomic E-state index is 12.7. The Morgan fingerprint density at radius 2 is 1.63 bits per heavy atom. The lowest BCUT2D eigenvalue weighted by Crippen LogP contribution is -2.26. The summed E-state index contributed by atoms with van der Waals surface area (Å²) in [7, 11) is -7.81. The van der Waals surface area contributed by atoms with Gasteiger partial charge in [0.2, 0.25) is 16.0 Å². The monoisotopic (exact) mass is 475 g/mol. The van der Waals surface area contributed by atoms with Crippen LogP contribution in [-0.4, -0.2) is 40.1 Å². The van der Waals surface area contributed by atoms with Crippen LogP contribution in [0, 0.1) is 0 Å². The fourth-order valence-electron chi connectivity index (χ4n) is 2.18. The van der Waals surface area contributed by atoms with Crippen molar-refractivity contribution >= 4 is 60.6 Å². The molecule has 0 bridgehead atoms. The van der Waals surface area contributed by atoms with Gasteiger partial charge in [0, 0.05) is 6.07 Å². The summed E-state index contributed by atoms with van der Waals surface area (Å²) in [6.07, 6.45) is 0.955. The molecule has 0 saturated heterocycles. The van der Waals surface area contributed by atoms with Crippen LogP contribution in [0.5, 0.6) is 5.75 Å². The zero-order chi connectivity index (χ0) is 22.7. The second-order valence-corrected chi connectivity index (χ2v) is 9.65. The molecule has 0 heterocycles. The number of nitrogens with two attached hydrogens (primary N) is 3. The quantitative estimate of drug-likeness (QED) is 0.253. The summed E-state index contributed by atoms with van der Waals surface area (Å²) >= 11 is 6.04. The molecule has 0 aliphatic rings. The maximum absolute atomic E-state index is 12.7. The molecule has 0 fully saturated rings. The van der Waals surface area contributed by atoms with Crippen molar-refractivity contribution < 1.29 is 21.9 Å². The van der Waals surface area contributed by atoms with Crippen LogP contribution in [0.2, 0.25) is 5.02 Å². The van der Waals surface area contributed by atoms with Crippen molar-refractivity contribution in [1.29, 1.82) is 0 Å². The molecule has 0 spiro atoms. The summed E-state index contributed by atoms with van der Waals surface area (Å²) < 4.78 is 52.5. The summed E-state index contributed by atoms with van der Waals surface area (Å²) in [5.41, 5.74) is 15.8. The normalized spacial score (nSPS) is 12.3. The predicted molar refractivity (Wildman–Crippen MR) is 116 cm³/mol. The lowest BCUT2D eigenvalue weighted by atomic mass is 10.3. The summed E-state index contributed by atoms with van der Waals surface area (Å²) in [5, 5.41) is 9.82. The van der Waals surface area contributed by atoms with Gasteiger partial charge in [-0.1, -0.05) is 17.7 Å². The Bertz CT molecular complexity index is 1240. The van der Waals surface area contributed by atoms with Crippen molar-refractivity contribution in [2.75, 3.05) is 15.7 Å². The number of aliphatic imine (C=N–C) groups is 2. The van der Waals surface area contributed by atoms with Gasteiger partial charge in [-0.2, -0.15) is 4.99 Å². The summed E-state index contributed by atoms with van der Waals surface area (Å²) in [6.45, 7) is 0. The van der Waals surface area contributed by atoms with Crippen LogP contribution in [0.4, 0.5) is 17.1 Å². The van der Waals surface area contributed by atoms with E-state index >= 15 is 0 Å². The number of hydrogen-bond acceptors (Lipinski definition) is 6. The Balaban J connectivity index is 2.38. The number of nitrogens with one attached hydrogen (secondary N) is 2. The van der Waals surface area contributed by atoms with E-state index in [1.54, 1.807) is 0 Å². The molecular weight excluding hydrogens is 458 g/mol. The summed E-state index contributed by atoms with van der Waals surface area (Å²) in [5.74, 6) is -1.30. The van der Waals surface area contributed by atoms with Gasteiger partial charge in [0.25, 0.3) is 10.0 Å². The average Bonchev–Trinajstić information content (AvgIpc) is 2.55. The number of benzene rings is 2. The molecule has 0 amide bonds. The van der Waals surface area contributed by atoms with E-state index in [0.717, 1.165) is 18.4 Å². The average molecular weight is 476 g/mol. The number of hydrogen-bond donors (Lipinski definition) is 6. The third-order valence-electron chi connectivity index (χ3n) is 3.22. The number of rotatable bonds is 6. The molecule has 12 nitrogen and oxygen atoms in total. The highest BCUT2D eigenvalue weighted by molar-refractivity contribution is 7.93. The number of phenols is 1. The van der Waals surface area contributed by atoms with Gasteiger partial charge < -0.3 is 22.3 Å². The zero-order valence-electron chi connectivity index (χ0n) is 15.4. The topological polar surface area (TPSA) is 215 Å². The van der Waals surface area contributed by atoms with Crippen LogP contribution in [0.1, 0.15) is 0 Å². The van der Waals surface area contributed by atoms with Gasteiger partial charge in [-0.15, -0.1) is 0 Å².